The lowest BCUT2D eigenvalue weighted by Crippen LogP contribution is -2.36. The first-order valence-electron chi connectivity index (χ1n) is 6.63. The molecule has 7 heteroatoms. The predicted octanol–water partition coefficient (Wildman–Crippen LogP) is 2.34. The fraction of sp³-hybridized carbons (Fsp3) is 0.500. The van der Waals surface area contributed by atoms with Crippen molar-refractivity contribution in [2.45, 2.75) is 31.6 Å². The quantitative estimate of drug-likeness (QED) is 0.821. The van der Waals surface area contributed by atoms with E-state index >= 15 is 0 Å². The van der Waals surface area contributed by atoms with Gasteiger partial charge in [-0.25, -0.2) is 0 Å². The van der Waals surface area contributed by atoms with Crippen LogP contribution in [0.3, 0.4) is 0 Å². The summed E-state index contributed by atoms with van der Waals surface area (Å²) < 4.78 is 40.5. The van der Waals surface area contributed by atoms with Crippen molar-refractivity contribution < 1.29 is 22.7 Å². The second-order valence-electron chi connectivity index (χ2n) is 5.11. The Hall–Kier alpha value is -1.76. The van der Waals surface area contributed by atoms with Crippen LogP contribution in [-0.2, 0) is 16.1 Å². The molecule has 0 unspecified atom stereocenters. The number of carbonyl (C=O) groups excluding carboxylic acids is 1. The van der Waals surface area contributed by atoms with Crippen molar-refractivity contribution in [2.75, 3.05) is 18.9 Å². The van der Waals surface area contributed by atoms with E-state index < -0.39 is 25.3 Å². The minimum Gasteiger partial charge on any atom is -0.399 e. The number of amides is 1. The van der Waals surface area contributed by atoms with E-state index in [-0.39, 0.29) is 6.04 Å². The molecule has 2 rings (SSSR count). The van der Waals surface area contributed by atoms with Crippen LogP contribution in [0.15, 0.2) is 24.3 Å². The number of nitrogens with two attached hydrogens (primary N) is 1. The zero-order chi connectivity index (χ0) is 15.5. The van der Waals surface area contributed by atoms with Crippen LogP contribution >= 0.6 is 0 Å². The van der Waals surface area contributed by atoms with E-state index in [1.54, 1.807) is 23.1 Å². The van der Waals surface area contributed by atoms with Gasteiger partial charge < -0.3 is 15.4 Å². The minimum absolute atomic E-state index is 0.0911. The van der Waals surface area contributed by atoms with Gasteiger partial charge in [0.1, 0.15) is 13.2 Å². The maximum atomic E-state index is 12.0. The molecular weight excluding hydrogens is 285 g/mol. The number of anilines is 1. The molecule has 1 aliphatic carbocycles. The summed E-state index contributed by atoms with van der Waals surface area (Å²) in [5.41, 5.74) is 7.12. The van der Waals surface area contributed by atoms with Crippen molar-refractivity contribution in [1.82, 2.24) is 4.90 Å². The number of alkyl halides is 3. The van der Waals surface area contributed by atoms with Crippen LogP contribution < -0.4 is 5.73 Å². The molecule has 21 heavy (non-hydrogen) atoms. The zero-order valence-corrected chi connectivity index (χ0v) is 11.4. The average Bonchev–Trinajstić information content (AvgIpc) is 3.18. The maximum Gasteiger partial charge on any atom is 0.411 e. The van der Waals surface area contributed by atoms with E-state index in [4.69, 9.17) is 5.73 Å². The van der Waals surface area contributed by atoms with Crippen LogP contribution in [-0.4, -0.2) is 36.2 Å². The molecule has 0 bridgehead atoms. The SMILES string of the molecule is Nc1cccc(CN(C(=O)COCC(F)(F)F)C2CC2)c1. The van der Waals surface area contributed by atoms with Gasteiger partial charge in [0, 0.05) is 18.3 Å². The van der Waals surface area contributed by atoms with E-state index in [0.717, 1.165) is 18.4 Å². The molecule has 0 atom stereocenters. The van der Waals surface area contributed by atoms with E-state index in [1.807, 2.05) is 6.07 Å². The van der Waals surface area contributed by atoms with Gasteiger partial charge in [-0.3, -0.25) is 4.79 Å². The molecule has 4 nitrogen and oxygen atoms in total. The van der Waals surface area contributed by atoms with Crippen LogP contribution in [0.2, 0.25) is 0 Å². The molecule has 1 fully saturated rings. The van der Waals surface area contributed by atoms with Gasteiger partial charge in [-0.1, -0.05) is 12.1 Å². The molecule has 0 radical (unpaired) electrons. The standard InChI is InChI=1S/C14H17F3N2O2/c15-14(16,17)9-21-8-13(20)19(12-4-5-12)7-10-2-1-3-11(18)6-10/h1-3,6,12H,4-5,7-9,18H2. The molecule has 0 aliphatic heterocycles. The third kappa shape index (κ3) is 5.26. The van der Waals surface area contributed by atoms with Gasteiger partial charge in [-0.2, -0.15) is 13.2 Å². The summed E-state index contributed by atoms with van der Waals surface area (Å²) in [5.74, 6) is -0.427. The minimum atomic E-state index is -4.42. The van der Waals surface area contributed by atoms with Crippen LogP contribution in [0.1, 0.15) is 18.4 Å². The Labute approximate surface area is 120 Å². The van der Waals surface area contributed by atoms with Gasteiger partial charge >= 0.3 is 6.18 Å². The Bertz CT molecular complexity index is 501. The smallest absolute Gasteiger partial charge is 0.399 e. The number of nitrogens with zero attached hydrogens (tertiary/aromatic N) is 1. The average molecular weight is 302 g/mol. The third-order valence-corrected chi connectivity index (χ3v) is 3.10. The number of hydrogen-bond acceptors (Lipinski definition) is 3. The van der Waals surface area contributed by atoms with Gasteiger partial charge in [0.25, 0.3) is 0 Å². The Morgan fingerprint density at radius 2 is 2.10 bits per heavy atom. The predicted molar refractivity (Wildman–Crippen MR) is 71.3 cm³/mol. The topological polar surface area (TPSA) is 55.6 Å². The summed E-state index contributed by atoms with van der Waals surface area (Å²) in [7, 11) is 0. The Morgan fingerprint density at radius 3 is 2.67 bits per heavy atom. The second kappa shape index (κ2) is 6.34. The highest BCUT2D eigenvalue weighted by Crippen LogP contribution is 2.29. The number of hydrogen-bond donors (Lipinski definition) is 1. The van der Waals surface area contributed by atoms with Crippen molar-refractivity contribution in [1.29, 1.82) is 0 Å². The Morgan fingerprint density at radius 1 is 1.38 bits per heavy atom. The first-order chi connectivity index (χ1) is 9.85. The molecule has 0 aromatic heterocycles. The number of benzene rings is 1. The van der Waals surface area contributed by atoms with Crippen molar-refractivity contribution in [3.05, 3.63) is 29.8 Å². The highest BCUT2D eigenvalue weighted by atomic mass is 19.4. The molecular formula is C14H17F3N2O2. The van der Waals surface area contributed by atoms with Crippen LogP contribution in [0.4, 0.5) is 18.9 Å². The first-order valence-corrected chi connectivity index (χ1v) is 6.63. The normalized spacial score (nSPS) is 15.0. The van der Waals surface area contributed by atoms with Crippen LogP contribution in [0.5, 0.6) is 0 Å². The number of nitrogen functional groups attached to an aromatic ring is 1. The van der Waals surface area contributed by atoms with Crippen LogP contribution in [0, 0.1) is 0 Å². The third-order valence-electron chi connectivity index (χ3n) is 3.10. The summed E-state index contributed by atoms with van der Waals surface area (Å²) in [5, 5.41) is 0. The molecule has 1 amide bonds. The lowest BCUT2D eigenvalue weighted by Gasteiger charge is -2.23. The lowest BCUT2D eigenvalue weighted by molar-refractivity contribution is -0.178. The van der Waals surface area contributed by atoms with E-state index in [0.29, 0.717) is 12.2 Å². The van der Waals surface area contributed by atoms with E-state index in [9.17, 15) is 18.0 Å². The number of carbonyl (C=O) groups is 1. The second-order valence-corrected chi connectivity index (χ2v) is 5.11. The number of rotatable bonds is 6. The molecule has 1 aromatic carbocycles. The van der Waals surface area contributed by atoms with Gasteiger partial charge in [0.05, 0.1) is 0 Å². The lowest BCUT2D eigenvalue weighted by atomic mass is 10.2. The molecule has 116 valence electrons. The fourth-order valence-corrected chi connectivity index (χ4v) is 2.03. The van der Waals surface area contributed by atoms with Gasteiger partial charge in [-0.05, 0) is 30.5 Å². The molecule has 0 spiro atoms. The highest BCUT2D eigenvalue weighted by Gasteiger charge is 2.33. The number of halogens is 3. The maximum absolute atomic E-state index is 12.0. The van der Waals surface area contributed by atoms with Crippen molar-refractivity contribution in [3.63, 3.8) is 0 Å². The largest absolute Gasteiger partial charge is 0.411 e. The van der Waals surface area contributed by atoms with Crippen LogP contribution in [0.25, 0.3) is 0 Å². The molecule has 0 saturated heterocycles. The number of ether oxygens (including phenoxy) is 1. The highest BCUT2D eigenvalue weighted by molar-refractivity contribution is 5.78. The van der Waals surface area contributed by atoms with E-state index in [1.165, 1.54) is 0 Å². The molecule has 1 aromatic rings. The molecule has 1 aliphatic rings. The monoisotopic (exact) mass is 302 g/mol. The van der Waals surface area contributed by atoms with E-state index in [2.05, 4.69) is 4.74 Å². The summed E-state index contributed by atoms with van der Waals surface area (Å²) in [4.78, 5) is 13.6. The summed E-state index contributed by atoms with van der Waals surface area (Å²) in [6.07, 6.45) is -2.68. The Balaban J connectivity index is 1.91. The van der Waals surface area contributed by atoms with Gasteiger partial charge in [0.2, 0.25) is 5.91 Å². The van der Waals surface area contributed by atoms with Crippen molar-refractivity contribution in [2.24, 2.45) is 0 Å². The van der Waals surface area contributed by atoms with Gasteiger partial charge in [-0.15, -0.1) is 0 Å². The first kappa shape index (κ1) is 15.6. The molecule has 0 heterocycles. The summed E-state index contributed by atoms with van der Waals surface area (Å²) in [6, 6.07) is 7.18. The fourth-order valence-electron chi connectivity index (χ4n) is 2.03. The van der Waals surface area contributed by atoms with Gasteiger partial charge in [0.15, 0.2) is 0 Å². The zero-order valence-electron chi connectivity index (χ0n) is 11.4. The molecule has 2 N–H and O–H groups in total. The Kier molecular flexibility index (Phi) is 4.72. The van der Waals surface area contributed by atoms with Crippen molar-refractivity contribution in [3.8, 4) is 0 Å². The molecule has 1 saturated carbocycles. The van der Waals surface area contributed by atoms with Crippen molar-refractivity contribution >= 4 is 11.6 Å². The summed E-state index contributed by atoms with van der Waals surface area (Å²) >= 11 is 0. The summed E-state index contributed by atoms with van der Waals surface area (Å²) in [6.45, 7) is -1.63.